The molecule has 1 N–H and O–H groups in total. The fraction of sp³-hybridized carbons (Fsp3) is 0.923. The molecule has 0 aromatic rings. The number of hydrogen-bond donors (Lipinski definition) is 1. The maximum absolute atomic E-state index is 12.1. The summed E-state index contributed by atoms with van der Waals surface area (Å²) in [7, 11) is 0. The van der Waals surface area contributed by atoms with Crippen LogP contribution >= 0.6 is 0 Å². The lowest BCUT2D eigenvalue weighted by Crippen LogP contribution is -2.54. The zero-order chi connectivity index (χ0) is 13.2. The molecule has 4 heteroatoms. The number of aliphatic hydroxyl groups is 1. The molecule has 0 radical (unpaired) electrons. The van der Waals surface area contributed by atoms with Gasteiger partial charge < -0.3 is 10.0 Å². The van der Waals surface area contributed by atoms with E-state index in [0.29, 0.717) is 6.04 Å². The van der Waals surface area contributed by atoms with Crippen molar-refractivity contribution in [3.63, 3.8) is 0 Å². The smallest absolute Gasteiger partial charge is 0.252 e. The van der Waals surface area contributed by atoms with E-state index in [0.717, 1.165) is 26.2 Å². The molecule has 0 aliphatic carbocycles. The van der Waals surface area contributed by atoms with E-state index in [4.69, 9.17) is 0 Å². The van der Waals surface area contributed by atoms with Crippen LogP contribution in [0.1, 0.15) is 34.6 Å². The highest BCUT2D eigenvalue weighted by Gasteiger charge is 2.33. The largest absolute Gasteiger partial charge is 0.383 e. The Hall–Kier alpha value is -0.610. The van der Waals surface area contributed by atoms with Gasteiger partial charge in [0.15, 0.2) is 0 Å². The molecule has 1 saturated heterocycles. The van der Waals surface area contributed by atoms with Gasteiger partial charge in [-0.2, -0.15) is 0 Å². The number of hydrogen-bond acceptors (Lipinski definition) is 3. The van der Waals surface area contributed by atoms with Crippen molar-refractivity contribution in [1.82, 2.24) is 9.80 Å². The molecule has 4 nitrogen and oxygen atoms in total. The average molecular weight is 242 g/mol. The number of rotatable bonds is 2. The highest BCUT2D eigenvalue weighted by Crippen LogP contribution is 2.21. The quantitative estimate of drug-likeness (QED) is 0.784. The molecule has 0 spiro atoms. The van der Waals surface area contributed by atoms with Crippen molar-refractivity contribution in [3.8, 4) is 0 Å². The van der Waals surface area contributed by atoms with E-state index in [-0.39, 0.29) is 11.3 Å². The van der Waals surface area contributed by atoms with Crippen LogP contribution in [0.2, 0.25) is 0 Å². The van der Waals surface area contributed by atoms with Crippen molar-refractivity contribution >= 4 is 5.91 Å². The summed E-state index contributed by atoms with van der Waals surface area (Å²) in [5.74, 6) is -0.124. The van der Waals surface area contributed by atoms with E-state index in [2.05, 4.69) is 18.7 Å². The van der Waals surface area contributed by atoms with Gasteiger partial charge >= 0.3 is 0 Å². The van der Waals surface area contributed by atoms with Crippen LogP contribution in [-0.4, -0.2) is 59.1 Å². The van der Waals surface area contributed by atoms with Crippen LogP contribution in [0.15, 0.2) is 0 Å². The second-order valence-corrected chi connectivity index (χ2v) is 6.22. The van der Waals surface area contributed by atoms with Crippen molar-refractivity contribution in [2.75, 3.05) is 26.2 Å². The maximum atomic E-state index is 12.1. The molecule has 0 saturated carbocycles. The van der Waals surface area contributed by atoms with Crippen LogP contribution in [0.4, 0.5) is 0 Å². The third-order valence-corrected chi connectivity index (χ3v) is 3.41. The SMILES string of the molecule is CC(C)N1CCN(C(=O)C(O)C(C)(C)C)CC1. The minimum Gasteiger partial charge on any atom is -0.383 e. The molecule has 1 unspecified atom stereocenters. The molecular formula is C13H26N2O2. The normalized spacial score (nSPS) is 20.8. The molecule has 0 aromatic carbocycles. The Morgan fingerprint density at radius 1 is 1.12 bits per heavy atom. The van der Waals surface area contributed by atoms with Gasteiger partial charge in [-0.3, -0.25) is 9.69 Å². The van der Waals surface area contributed by atoms with Gasteiger partial charge in [-0.1, -0.05) is 20.8 Å². The van der Waals surface area contributed by atoms with Crippen molar-refractivity contribution < 1.29 is 9.90 Å². The third kappa shape index (κ3) is 3.68. The lowest BCUT2D eigenvalue weighted by molar-refractivity contribution is -0.147. The van der Waals surface area contributed by atoms with E-state index >= 15 is 0 Å². The van der Waals surface area contributed by atoms with Crippen molar-refractivity contribution in [2.24, 2.45) is 5.41 Å². The van der Waals surface area contributed by atoms with Gasteiger partial charge in [0.2, 0.25) is 0 Å². The summed E-state index contributed by atoms with van der Waals surface area (Å²) < 4.78 is 0. The molecule has 0 bridgehead atoms. The van der Waals surface area contributed by atoms with Gasteiger partial charge in [0.25, 0.3) is 5.91 Å². The number of nitrogens with zero attached hydrogens (tertiary/aromatic N) is 2. The standard InChI is InChI=1S/C13H26N2O2/c1-10(2)14-6-8-15(9-7-14)12(17)11(16)13(3,4)5/h10-11,16H,6-9H2,1-5H3. The van der Waals surface area contributed by atoms with Crippen LogP contribution < -0.4 is 0 Å². The van der Waals surface area contributed by atoms with Gasteiger partial charge in [0.05, 0.1) is 0 Å². The van der Waals surface area contributed by atoms with Crippen LogP contribution in [0.3, 0.4) is 0 Å². The first kappa shape index (κ1) is 14.5. The van der Waals surface area contributed by atoms with Crippen molar-refractivity contribution in [3.05, 3.63) is 0 Å². The van der Waals surface area contributed by atoms with Gasteiger partial charge in [0, 0.05) is 32.2 Å². The Morgan fingerprint density at radius 2 is 1.59 bits per heavy atom. The number of amides is 1. The number of aliphatic hydroxyl groups excluding tert-OH is 1. The fourth-order valence-corrected chi connectivity index (χ4v) is 2.00. The van der Waals surface area contributed by atoms with E-state index < -0.39 is 6.10 Å². The molecule has 1 aliphatic heterocycles. The Bertz CT molecular complexity index is 263. The zero-order valence-electron chi connectivity index (χ0n) is 11.7. The first-order valence-electron chi connectivity index (χ1n) is 6.44. The van der Waals surface area contributed by atoms with Gasteiger partial charge in [-0.05, 0) is 19.3 Å². The predicted molar refractivity (Wildman–Crippen MR) is 68.8 cm³/mol. The second-order valence-electron chi connectivity index (χ2n) is 6.22. The van der Waals surface area contributed by atoms with Gasteiger partial charge in [-0.25, -0.2) is 0 Å². The molecule has 100 valence electrons. The Balaban J connectivity index is 2.52. The molecular weight excluding hydrogens is 216 g/mol. The second kappa shape index (κ2) is 5.36. The van der Waals surface area contributed by atoms with E-state index in [1.807, 2.05) is 20.8 Å². The molecule has 1 heterocycles. The summed E-state index contributed by atoms with van der Waals surface area (Å²) in [5.41, 5.74) is -0.383. The molecule has 1 fully saturated rings. The Kier molecular flexibility index (Phi) is 4.55. The summed E-state index contributed by atoms with van der Waals surface area (Å²) in [6, 6.07) is 0.528. The summed E-state index contributed by atoms with van der Waals surface area (Å²) in [5, 5.41) is 9.98. The number of piperazine rings is 1. The van der Waals surface area contributed by atoms with Crippen molar-refractivity contribution in [1.29, 1.82) is 0 Å². The van der Waals surface area contributed by atoms with E-state index in [1.54, 1.807) is 4.90 Å². The van der Waals surface area contributed by atoms with Crippen LogP contribution in [0.25, 0.3) is 0 Å². The monoisotopic (exact) mass is 242 g/mol. The van der Waals surface area contributed by atoms with Gasteiger partial charge in [-0.15, -0.1) is 0 Å². The molecule has 1 aliphatic rings. The highest BCUT2D eigenvalue weighted by atomic mass is 16.3. The van der Waals surface area contributed by atoms with Crippen LogP contribution in [0.5, 0.6) is 0 Å². The molecule has 17 heavy (non-hydrogen) atoms. The first-order valence-corrected chi connectivity index (χ1v) is 6.44. The zero-order valence-corrected chi connectivity index (χ0v) is 11.7. The molecule has 0 aromatic heterocycles. The summed E-state index contributed by atoms with van der Waals surface area (Å²) in [6.45, 7) is 13.3. The maximum Gasteiger partial charge on any atom is 0.252 e. The predicted octanol–water partition coefficient (Wildman–Crippen LogP) is 0.946. The third-order valence-electron chi connectivity index (χ3n) is 3.41. The lowest BCUT2D eigenvalue weighted by Gasteiger charge is -2.39. The molecule has 1 amide bonds. The van der Waals surface area contributed by atoms with E-state index in [1.165, 1.54) is 0 Å². The first-order chi connectivity index (χ1) is 7.73. The topological polar surface area (TPSA) is 43.8 Å². The Morgan fingerprint density at radius 3 is 1.94 bits per heavy atom. The summed E-state index contributed by atoms with van der Waals surface area (Å²) >= 11 is 0. The van der Waals surface area contributed by atoms with Crippen LogP contribution in [0, 0.1) is 5.41 Å². The fourth-order valence-electron chi connectivity index (χ4n) is 2.00. The summed E-state index contributed by atoms with van der Waals surface area (Å²) in [4.78, 5) is 16.2. The molecule has 1 atom stereocenters. The minimum atomic E-state index is -0.895. The van der Waals surface area contributed by atoms with Crippen molar-refractivity contribution in [2.45, 2.75) is 46.8 Å². The minimum absolute atomic E-state index is 0.124. The number of carbonyl (C=O) groups is 1. The molecule has 1 rings (SSSR count). The Labute approximate surface area is 105 Å². The lowest BCUT2D eigenvalue weighted by atomic mass is 9.88. The summed E-state index contributed by atoms with van der Waals surface area (Å²) in [6.07, 6.45) is -0.895. The van der Waals surface area contributed by atoms with Crippen LogP contribution in [-0.2, 0) is 4.79 Å². The average Bonchev–Trinajstić information content (AvgIpc) is 2.26. The van der Waals surface area contributed by atoms with Gasteiger partial charge in [0.1, 0.15) is 6.10 Å². The highest BCUT2D eigenvalue weighted by molar-refractivity contribution is 5.81. The van der Waals surface area contributed by atoms with E-state index in [9.17, 15) is 9.90 Å². The number of carbonyl (C=O) groups excluding carboxylic acids is 1.